The Morgan fingerprint density at radius 2 is 1.79 bits per heavy atom. The van der Waals surface area contributed by atoms with Crippen molar-refractivity contribution < 1.29 is 27.1 Å². The molecular formula is C17H13F4NO2. The Morgan fingerprint density at radius 1 is 1.12 bits per heavy atom. The molecule has 2 rings (SSSR count). The van der Waals surface area contributed by atoms with Gasteiger partial charge in [-0.3, -0.25) is 4.79 Å². The number of halogens is 4. The molecule has 0 aliphatic carbocycles. The standard InChI is InChI=1S/C17H13F4NO2/c1-11-10-13(5-8-15(11)18)22-16(23)9-4-12-2-6-14(7-3-12)24-17(19,20)21/h2-10H,1H3,(H,22,23)/b9-4-. The van der Waals surface area contributed by atoms with Crippen LogP contribution >= 0.6 is 0 Å². The lowest BCUT2D eigenvalue weighted by atomic mass is 10.2. The van der Waals surface area contributed by atoms with Crippen LogP contribution in [-0.4, -0.2) is 12.3 Å². The number of benzene rings is 2. The highest BCUT2D eigenvalue weighted by Gasteiger charge is 2.30. The fraction of sp³-hybridized carbons (Fsp3) is 0.118. The monoisotopic (exact) mass is 339 g/mol. The van der Waals surface area contributed by atoms with E-state index in [2.05, 4.69) is 10.1 Å². The second kappa shape index (κ2) is 7.16. The summed E-state index contributed by atoms with van der Waals surface area (Å²) in [4.78, 5) is 11.8. The number of amides is 1. The minimum Gasteiger partial charge on any atom is -0.406 e. The molecule has 126 valence electrons. The second-order valence-electron chi connectivity index (χ2n) is 4.90. The number of anilines is 1. The van der Waals surface area contributed by atoms with Gasteiger partial charge in [-0.2, -0.15) is 0 Å². The van der Waals surface area contributed by atoms with Gasteiger partial charge >= 0.3 is 6.36 Å². The van der Waals surface area contributed by atoms with Gasteiger partial charge in [-0.05, 0) is 54.5 Å². The van der Waals surface area contributed by atoms with Gasteiger partial charge in [0.1, 0.15) is 11.6 Å². The molecule has 0 saturated heterocycles. The molecule has 0 aromatic heterocycles. The maximum Gasteiger partial charge on any atom is 0.573 e. The predicted octanol–water partition coefficient (Wildman–Crippen LogP) is 4.68. The molecule has 0 aliphatic rings. The molecule has 0 radical (unpaired) electrons. The van der Waals surface area contributed by atoms with E-state index in [4.69, 9.17) is 0 Å². The molecule has 0 bridgehead atoms. The molecule has 0 unspecified atom stereocenters. The summed E-state index contributed by atoms with van der Waals surface area (Å²) in [5.41, 5.74) is 1.37. The van der Waals surface area contributed by atoms with Crippen molar-refractivity contribution in [2.24, 2.45) is 0 Å². The fourth-order valence-electron chi connectivity index (χ4n) is 1.86. The highest BCUT2D eigenvalue weighted by molar-refractivity contribution is 6.01. The number of ether oxygens (including phenoxy) is 1. The zero-order valence-electron chi connectivity index (χ0n) is 12.5. The van der Waals surface area contributed by atoms with Gasteiger partial charge in [0.15, 0.2) is 0 Å². The summed E-state index contributed by atoms with van der Waals surface area (Å²) >= 11 is 0. The Kier molecular flexibility index (Phi) is 5.23. The zero-order chi connectivity index (χ0) is 17.7. The van der Waals surface area contributed by atoms with E-state index < -0.39 is 12.3 Å². The van der Waals surface area contributed by atoms with Crippen LogP contribution < -0.4 is 10.1 Å². The summed E-state index contributed by atoms with van der Waals surface area (Å²) in [5.74, 6) is -1.16. The minimum absolute atomic E-state index is 0.342. The van der Waals surface area contributed by atoms with E-state index in [-0.39, 0.29) is 11.6 Å². The van der Waals surface area contributed by atoms with Crippen LogP contribution in [0.5, 0.6) is 5.75 Å². The molecule has 2 aromatic carbocycles. The molecule has 1 N–H and O–H groups in total. The first kappa shape index (κ1) is 17.5. The maximum atomic E-state index is 13.1. The molecule has 2 aromatic rings. The second-order valence-corrected chi connectivity index (χ2v) is 4.90. The topological polar surface area (TPSA) is 38.3 Å². The van der Waals surface area contributed by atoms with Crippen LogP contribution in [0.3, 0.4) is 0 Å². The normalized spacial score (nSPS) is 11.5. The van der Waals surface area contributed by atoms with Crippen molar-refractivity contribution in [3.8, 4) is 5.75 Å². The number of carbonyl (C=O) groups excluding carboxylic acids is 1. The lowest BCUT2D eigenvalue weighted by Crippen LogP contribution is -2.16. The molecule has 0 fully saturated rings. The first-order chi connectivity index (χ1) is 11.2. The van der Waals surface area contributed by atoms with Gasteiger partial charge in [0, 0.05) is 11.8 Å². The van der Waals surface area contributed by atoms with Crippen molar-refractivity contribution >= 4 is 17.7 Å². The zero-order valence-corrected chi connectivity index (χ0v) is 12.5. The van der Waals surface area contributed by atoms with Crippen LogP contribution in [0.25, 0.3) is 6.08 Å². The van der Waals surface area contributed by atoms with Crippen molar-refractivity contribution in [3.05, 3.63) is 65.5 Å². The molecule has 0 heterocycles. The van der Waals surface area contributed by atoms with E-state index in [1.54, 1.807) is 6.92 Å². The van der Waals surface area contributed by atoms with Gasteiger partial charge in [-0.1, -0.05) is 12.1 Å². The molecule has 0 aliphatic heterocycles. The number of alkyl halides is 3. The highest BCUT2D eigenvalue weighted by Crippen LogP contribution is 2.23. The quantitative estimate of drug-likeness (QED) is 0.648. The van der Waals surface area contributed by atoms with E-state index in [1.807, 2.05) is 0 Å². The first-order valence-corrected chi connectivity index (χ1v) is 6.84. The lowest BCUT2D eigenvalue weighted by Gasteiger charge is -2.08. The van der Waals surface area contributed by atoms with E-state index in [1.165, 1.54) is 42.5 Å². The third kappa shape index (κ3) is 5.42. The first-order valence-electron chi connectivity index (χ1n) is 6.84. The number of rotatable bonds is 4. The Labute approximate surface area is 135 Å². The molecule has 0 spiro atoms. The molecule has 3 nitrogen and oxygen atoms in total. The van der Waals surface area contributed by atoms with E-state index >= 15 is 0 Å². The Hall–Kier alpha value is -2.83. The van der Waals surface area contributed by atoms with E-state index in [9.17, 15) is 22.4 Å². The van der Waals surface area contributed by atoms with Crippen molar-refractivity contribution in [3.63, 3.8) is 0 Å². The van der Waals surface area contributed by atoms with Crippen LogP contribution in [-0.2, 0) is 4.79 Å². The van der Waals surface area contributed by atoms with Crippen LogP contribution in [0.15, 0.2) is 48.5 Å². The van der Waals surface area contributed by atoms with Crippen LogP contribution in [0.1, 0.15) is 11.1 Å². The lowest BCUT2D eigenvalue weighted by molar-refractivity contribution is -0.274. The summed E-state index contributed by atoms with van der Waals surface area (Å²) < 4.78 is 53.0. The van der Waals surface area contributed by atoms with Gasteiger partial charge < -0.3 is 10.1 Å². The highest BCUT2D eigenvalue weighted by atomic mass is 19.4. The Bertz CT molecular complexity index is 752. The SMILES string of the molecule is Cc1cc(NC(=O)/C=C\c2ccc(OC(F)(F)F)cc2)ccc1F. The molecule has 0 atom stereocenters. The average Bonchev–Trinajstić information content (AvgIpc) is 2.49. The van der Waals surface area contributed by atoms with Gasteiger partial charge in [-0.25, -0.2) is 4.39 Å². The van der Waals surface area contributed by atoms with Gasteiger partial charge in [0.2, 0.25) is 5.91 Å². The van der Waals surface area contributed by atoms with Crippen molar-refractivity contribution in [2.75, 3.05) is 5.32 Å². The summed E-state index contributed by atoms with van der Waals surface area (Å²) in [6.45, 7) is 1.57. The van der Waals surface area contributed by atoms with Crippen molar-refractivity contribution in [2.45, 2.75) is 13.3 Å². The van der Waals surface area contributed by atoms with Crippen LogP contribution in [0.2, 0.25) is 0 Å². The largest absolute Gasteiger partial charge is 0.573 e. The predicted molar refractivity (Wildman–Crippen MR) is 81.9 cm³/mol. The van der Waals surface area contributed by atoms with Crippen molar-refractivity contribution in [1.82, 2.24) is 0 Å². The Morgan fingerprint density at radius 3 is 2.38 bits per heavy atom. The summed E-state index contributed by atoms with van der Waals surface area (Å²) in [6, 6.07) is 9.22. The average molecular weight is 339 g/mol. The summed E-state index contributed by atoms with van der Waals surface area (Å²) in [6.07, 6.45) is -2.09. The maximum absolute atomic E-state index is 13.1. The third-order valence-corrected chi connectivity index (χ3v) is 2.97. The smallest absolute Gasteiger partial charge is 0.406 e. The number of carbonyl (C=O) groups is 1. The third-order valence-electron chi connectivity index (χ3n) is 2.97. The van der Waals surface area contributed by atoms with Crippen LogP contribution in [0.4, 0.5) is 23.2 Å². The summed E-state index contributed by atoms with van der Waals surface area (Å²) in [7, 11) is 0. The number of aryl methyl sites for hydroxylation is 1. The fourth-order valence-corrected chi connectivity index (χ4v) is 1.86. The number of hydrogen-bond acceptors (Lipinski definition) is 2. The molecule has 7 heteroatoms. The summed E-state index contributed by atoms with van der Waals surface area (Å²) in [5, 5.41) is 2.56. The van der Waals surface area contributed by atoms with Gasteiger partial charge in [0.05, 0.1) is 0 Å². The molecule has 1 amide bonds. The van der Waals surface area contributed by atoms with Crippen LogP contribution in [0, 0.1) is 12.7 Å². The van der Waals surface area contributed by atoms with Gasteiger partial charge in [-0.15, -0.1) is 13.2 Å². The Balaban J connectivity index is 1.97. The van der Waals surface area contributed by atoms with Crippen molar-refractivity contribution in [1.29, 1.82) is 0 Å². The van der Waals surface area contributed by atoms with E-state index in [0.29, 0.717) is 16.8 Å². The number of hydrogen-bond donors (Lipinski definition) is 1. The number of nitrogens with one attached hydrogen (secondary N) is 1. The van der Waals surface area contributed by atoms with E-state index in [0.717, 1.165) is 12.1 Å². The van der Waals surface area contributed by atoms with Gasteiger partial charge in [0.25, 0.3) is 0 Å². The molecule has 0 saturated carbocycles. The molecule has 24 heavy (non-hydrogen) atoms. The molecular weight excluding hydrogens is 326 g/mol. The minimum atomic E-state index is -4.75.